The van der Waals surface area contributed by atoms with Crippen LogP contribution in [0.5, 0.6) is 5.75 Å². The molecule has 0 amide bonds. The maximum absolute atomic E-state index is 5.49. The molecule has 0 radical (unpaired) electrons. The van der Waals surface area contributed by atoms with E-state index < -0.39 is 0 Å². The van der Waals surface area contributed by atoms with Crippen LogP contribution < -0.4 is 10.1 Å². The molecular formula is C13H18Br2N2O. The minimum Gasteiger partial charge on any atom is -0.495 e. The van der Waals surface area contributed by atoms with Crippen molar-refractivity contribution in [2.24, 2.45) is 0 Å². The lowest BCUT2D eigenvalue weighted by Gasteiger charge is -2.32. The smallest absolute Gasteiger partial charge is 0.137 e. The van der Waals surface area contributed by atoms with Gasteiger partial charge in [-0.3, -0.25) is 4.90 Å². The van der Waals surface area contributed by atoms with Crippen molar-refractivity contribution in [2.75, 3.05) is 26.7 Å². The Morgan fingerprint density at radius 1 is 1.44 bits per heavy atom. The lowest BCUT2D eigenvalue weighted by atomic mass is 10.1. The fraction of sp³-hybridized carbons (Fsp3) is 0.538. The lowest BCUT2D eigenvalue weighted by molar-refractivity contribution is 0.197. The Bertz CT molecular complexity index is 426. The van der Waals surface area contributed by atoms with Gasteiger partial charge < -0.3 is 10.1 Å². The van der Waals surface area contributed by atoms with Gasteiger partial charge in [-0.25, -0.2) is 0 Å². The molecule has 18 heavy (non-hydrogen) atoms. The lowest BCUT2D eigenvalue weighted by Crippen LogP contribution is -2.48. The van der Waals surface area contributed by atoms with E-state index in [1.165, 1.54) is 5.56 Å². The monoisotopic (exact) mass is 376 g/mol. The maximum atomic E-state index is 5.49. The number of ether oxygens (including phenoxy) is 1. The molecule has 5 heteroatoms. The van der Waals surface area contributed by atoms with Gasteiger partial charge in [-0.05, 0) is 35.0 Å². The van der Waals surface area contributed by atoms with Gasteiger partial charge in [0.2, 0.25) is 0 Å². The van der Waals surface area contributed by atoms with Crippen LogP contribution in [0.4, 0.5) is 0 Å². The summed E-state index contributed by atoms with van der Waals surface area (Å²) in [5, 5.41) is 3.46. The average molecular weight is 378 g/mol. The number of methoxy groups -OCH3 is 1. The highest BCUT2D eigenvalue weighted by molar-refractivity contribution is 9.11. The number of hydrogen-bond donors (Lipinski definition) is 1. The molecule has 0 saturated carbocycles. The van der Waals surface area contributed by atoms with E-state index in [9.17, 15) is 0 Å². The van der Waals surface area contributed by atoms with Gasteiger partial charge in [-0.1, -0.05) is 15.9 Å². The van der Waals surface area contributed by atoms with E-state index in [4.69, 9.17) is 4.74 Å². The van der Waals surface area contributed by atoms with E-state index in [0.717, 1.165) is 40.9 Å². The van der Waals surface area contributed by atoms with Crippen LogP contribution in [0.25, 0.3) is 0 Å². The van der Waals surface area contributed by atoms with Gasteiger partial charge in [0.15, 0.2) is 0 Å². The Morgan fingerprint density at radius 3 is 2.89 bits per heavy atom. The molecule has 100 valence electrons. The Labute approximate surface area is 125 Å². The molecule has 3 nitrogen and oxygen atoms in total. The number of nitrogens with zero attached hydrogens (tertiary/aromatic N) is 1. The number of halogens is 2. The third-order valence-electron chi connectivity index (χ3n) is 3.14. The standard InChI is InChI=1S/C13H18Br2N2O/c1-9-7-17(4-3-16-9)8-10-5-11(14)6-12(15)13(10)18-2/h5-6,9,16H,3-4,7-8H2,1-2H3. The molecule has 1 aromatic carbocycles. The van der Waals surface area contributed by atoms with Gasteiger partial charge >= 0.3 is 0 Å². The first-order valence-corrected chi connectivity index (χ1v) is 7.66. The minimum absolute atomic E-state index is 0.556. The van der Waals surface area contributed by atoms with Crippen molar-refractivity contribution >= 4 is 31.9 Å². The molecule has 1 aliphatic rings. The highest BCUT2D eigenvalue weighted by atomic mass is 79.9. The molecule has 1 atom stereocenters. The molecule has 1 aliphatic heterocycles. The topological polar surface area (TPSA) is 24.5 Å². The quantitative estimate of drug-likeness (QED) is 0.876. The highest BCUT2D eigenvalue weighted by Crippen LogP contribution is 2.33. The summed E-state index contributed by atoms with van der Waals surface area (Å²) in [5.41, 5.74) is 1.22. The molecule has 1 saturated heterocycles. The Hall–Kier alpha value is -0.100. The molecule has 1 N–H and O–H groups in total. The molecule has 0 aromatic heterocycles. The molecule has 1 unspecified atom stereocenters. The summed E-state index contributed by atoms with van der Waals surface area (Å²) in [6, 6.07) is 4.71. The summed E-state index contributed by atoms with van der Waals surface area (Å²) in [6.45, 7) is 6.36. The molecule has 1 fully saturated rings. The van der Waals surface area contributed by atoms with Crippen LogP contribution in [0.3, 0.4) is 0 Å². The van der Waals surface area contributed by atoms with Crippen molar-refractivity contribution in [3.8, 4) is 5.75 Å². The van der Waals surface area contributed by atoms with E-state index in [-0.39, 0.29) is 0 Å². The first-order chi connectivity index (χ1) is 8.60. The molecule has 0 aliphatic carbocycles. The maximum Gasteiger partial charge on any atom is 0.137 e. The van der Waals surface area contributed by atoms with Crippen molar-refractivity contribution in [3.63, 3.8) is 0 Å². The van der Waals surface area contributed by atoms with Gasteiger partial charge in [0, 0.05) is 42.3 Å². The van der Waals surface area contributed by atoms with E-state index in [1.54, 1.807) is 7.11 Å². The van der Waals surface area contributed by atoms with E-state index >= 15 is 0 Å². The first-order valence-electron chi connectivity index (χ1n) is 6.08. The summed E-state index contributed by atoms with van der Waals surface area (Å²) in [6.07, 6.45) is 0. The molecule has 1 heterocycles. The van der Waals surface area contributed by atoms with Gasteiger partial charge in [-0.15, -0.1) is 0 Å². The van der Waals surface area contributed by atoms with Crippen LogP contribution in [0.1, 0.15) is 12.5 Å². The van der Waals surface area contributed by atoms with E-state index in [2.05, 4.69) is 55.1 Å². The van der Waals surface area contributed by atoms with Crippen LogP contribution in [-0.2, 0) is 6.54 Å². The molecule has 2 rings (SSSR count). The van der Waals surface area contributed by atoms with Crippen LogP contribution in [0, 0.1) is 0 Å². The zero-order valence-electron chi connectivity index (χ0n) is 10.7. The molecular weight excluding hydrogens is 360 g/mol. The van der Waals surface area contributed by atoms with Crippen LogP contribution in [-0.4, -0.2) is 37.7 Å². The van der Waals surface area contributed by atoms with E-state index in [1.807, 2.05) is 6.07 Å². The Kier molecular flexibility index (Phi) is 5.06. The molecule has 0 spiro atoms. The predicted octanol–water partition coefficient (Wildman–Crippen LogP) is 3.01. The van der Waals surface area contributed by atoms with E-state index in [0.29, 0.717) is 6.04 Å². The van der Waals surface area contributed by atoms with Gasteiger partial charge in [0.1, 0.15) is 5.75 Å². The SMILES string of the molecule is COc1c(Br)cc(Br)cc1CN1CCNC(C)C1. The summed E-state index contributed by atoms with van der Waals surface area (Å²) >= 11 is 7.09. The average Bonchev–Trinajstić information content (AvgIpc) is 2.28. The van der Waals surface area contributed by atoms with Gasteiger partial charge in [0.05, 0.1) is 11.6 Å². The number of hydrogen-bond acceptors (Lipinski definition) is 3. The van der Waals surface area contributed by atoms with Crippen LogP contribution in [0.2, 0.25) is 0 Å². The second kappa shape index (κ2) is 6.37. The minimum atomic E-state index is 0.556. The fourth-order valence-electron chi connectivity index (χ4n) is 2.36. The van der Waals surface area contributed by atoms with Crippen LogP contribution >= 0.6 is 31.9 Å². The summed E-state index contributed by atoms with van der Waals surface area (Å²) < 4.78 is 7.56. The number of nitrogens with one attached hydrogen (secondary N) is 1. The Morgan fingerprint density at radius 2 is 2.22 bits per heavy atom. The second-order valence-electron chi connectivity index (χ2n) is 4.67. The Balaban J connectivity index is 2.17. The molecule has 0 bridgehead atoms. The number of benzene rings is 1. The highest BCUT2D eigenvalue weighted by Gasteiger charge is 2.18. The van der Waals surface area contributed by atoms with Crippen molar-refractivity contribution in [2.45, 2.75) is 19.5 Å². The third-order valence-corrected chi connectivity index (χ3v) is 4.18. The second-order valence-corrected chi connectivity index (χ2v) is 6.44. The molecule has 1 aromatic rings. The first kappa shape index (κ1) is 14.3. The normalized spacial score (nSPS) is 21.0. The fourth-order valence-corrected chi connectivity index (χ4v) is 3.83. The third kappa shape index (κ3) is 3.47. The summed E-state index contributed by atoms with van der Waals surface area (Å²) in [5.74, 6) is 0.935. The van der Waals surface area contributed by atoms with Crippen molar-refractivity contribution < 1.29 is 4.74 Å². The zero-order chi connectivity index (χ0) is 13.1. The summed E-state index contributed by atoms with van der Waals surface area (Å²) in [4.78, 5) is 2.46. The number of piperazine rings is 1. The summed E-state index contributed by atoms with van der Waals surface area (Å²) in [7, 11) is 1.72. The van der Waals surface area contributed by atoms with Crippen molar-refractivity contribution in [3.05, 3.63) is 26.6 Å². The van der Waals surface area contributed by atoms with Crippen molar-refractivity contribution in [1.82, 2.24) is 10.2 Å². The predicted molar refractivity (Wildman–Crippen MR) is 81.1 cm³/mol. The zero-order valence-corrected chi connectivity index (χ0v) is 13.8. The van der Waals surface area contributed by atoms with Gasteiger partial charge in [0.25, 0.3) is 0 Å². The largest absolute Gasteiger partial charge is 0.495 e. The number of rotatable bonds is 3. The van der Waals surface area contributed by atoms with Gasteiger partial charge in [-0.2, -0.15) is 0 Å². The van der Waals surface area contributed by atoms with Crippen LogP contribution in [0.15, 0.2) is 21.1 Å². The van der Waals surface area contributed by atoms with Crippen molar-refractivity contribution in [1.29, 1.82) is 0 Å².